The molecule has 30 heavy (non-hydrogen) atoms. The molecule has 0 spiro atoms. The van der Waals surface area contributed by atoms with Gasteiger partial charge in [-0.2, -0.15) is 13.2 Å². The average Bonchev–Trinajstić information content (AvgIpc) is 2.92. The molecule has 2 aliphatic heterocycles. The van der Waals surface area contributed by atoms with E-state index in [0.29, 0.717) is 17.9 Å². The molecule has 0 saturated heterocycles. The quantitative estimate of drug-likeness (QED) is 0.629. The summed E-state index contributed by atoms with van der Waals surface area (Å²) in [6.45, 7) is 8.45. The van der Waals surface area contributed by atoms with E-state index in [1.54, 1.807) is 11.0 Å². The number of aliphatic imine (C=N–C) groups is 1. The number of hydrogen-bond acceptors (Lipinski definition) is 3. The van der Waals surface area contributed by atoms with Crippen molar-refractivity contribution in [2.75, 3.05) is 11.5 Å². The van der Waals surface area contributed by atoms with Gasteiger partial charge in [-0.1, -0.05) is 13.0 Å². The summed E-state index contributed by atoms with van der Waals surface area (Å²) in [5.74, 6) is 0.532. The number of benzene rings is 2. The van der Waals surface area contributed by atoms with Crippen LogP contribution in [0, 0.1) is 0 Å². The van der Waals surface area contributed by atoms with Crippen LogP contribution in [0.4, 0.5) is 24.5 Å². The molecule has 158 valence electrons. The highest BCUT2D eigenvalue weighted by molar-refractivity contribution is 6.55. The van der Waals surface area contributed by atoms with E-state index in [-0.39, 0.29) is 23.2 Å². The Labute approximate surface area is 173 Å². The summed E-state index contributed by atoms with van der Waals surface area (Å²) in [6, 6.07) is 8.44. The fourth-order valence-electron chi connectivity index (χ4n) is 4.52. The molecule has 0 aromatic heterocycles. The van der Waals surface area contributed by atoms with Gasteiger partial charge in [-0.3, -0.25) is 4.79 Å². The van der Waals surface area contributed by atoms with Gasteiger partial charge < -0.3 is 9.64 Å². The Kier molecular flexibility index (Phi) is 4.67. The molecule has 1 amide bonds. The number of alkyl halides is 3. The Balaban J connectivity index is 1.92. The maximum absolute atomic E-state index is 13.4. The molecule has 0 N–H and O–H groups in total. The molecule has 0 saturated carbocycles. The molecule has 2 aliphatic rings. The van der Waals surface area contributed by atoms with Crippen LogP contribution in [-0.4, -0.2) is 23.8 Å². The van der Waals surface area contributed by atoms with Crippen LogP contribution in [0.2, 0.25) is 0 Å². The second-order valence-corrected chi connectivity index (χ2v) is 8.41. The Bertz CT molecular complexity index is 1060. The van der Waals surface area contributed by atoms with Crippen molar-refractivity contribution in [2.24, 2.45) is 4.99 Å². The number of nitrogens with zero attached hydrogens (tertiary/aromatic N) is 2. The van der Waals surface area contributed by atoms with Crippen LogP contribution in [-0.2, 0) is 11.0 Å². The van der Waals surface area contributed by atoms with Crippen molar-refractivity contribution in [1.82, 2.24) is 0 Å². The lowest BCUT2D eigenvalue weighted by Gasteiger charge is -2.43. The summed E-state index contributed by atoms with van der Waals surface area (Å²) in [4.78, 5) is 19.5. The van der Waals surface area contributed by atoms with Crippen LogP contribution < -0.4 is 9.64 Å². The highest BCUT2D eigenvalue weighted by atomic mass is 19.4. The number of halogens is 3. The molecule has 1 atom stereocenters. The number of anilines is 1. The predicted molar refractivity (Wildman–Crippen MR) is 110 cm³/mol. The lowest BCUT2D eigenvalue weighted by Crippen LogP contribution is -2.50. The number of carbonyl (C=O) groups is 1. The minimum atomic E-state index is -4.48. The van der Waals surface area contributed by atoms with Gasteiger partial charge >= 0.3 is 6.18 Å². The Morgan fingerprint density at radius 1 is 1.23 bits per heavy atom. The fraction of sp³-hybridized carbons (Fsp3) is 0.391. The van der Waals surface area contributed by atoms with Gasteiger partial charge in [0.1, 0.15) is 11.5 Å². The van der Waals surface area contributed by atoms with Crippen molar-refractivity contribution < 1.29 is 22.7 Å². The van der Waals surface area contributed by atoms with Gasteiger partial charge in [-0.15, -0.1) is 0 Å². The first-order valence-electron chi connectivity index (χ1n) is 9.94. The summed E-state index contributed by atoms with van der Waals surface area (Å²) in [5.41, 5.74) is 1.41. The number of hydrogen-bond donors (Lipinski definition) is 0. The average molecular weight is 416 g/mol. The van der Waals surface area contributed by atoms with Crippen molar-refractivity contribution >= 4 is 23.0 Å². The highest BCUT2D eigenvalue weighted by Crippen LogP contribution is 2.50. The number of carbonyl (C=O) groups excluding carboxylic acids is 1. The van der Waals surface area contributed by atoms with Crippen molar-refractivity contribution in [3.05, 3.63) is 53.1 Å². The first-order chi connectivity index (χ1) is 14.0. The highest BCUT2D eigenvalue weighted by Gasteiger charge is 2.48. The van der Waals surface area contributed by atoms with Crippen LogP contribution in [0.3, 0.4) is 0 Å². The van der Waals surface area contributed by atoms with Gasteiger partial charge in [0, 0.05) is 11.1 Å². The van der Waals surface area contributed by atoms with Gasteiger partial charge in [-0.05, 0) is 69.0 Å². The summed E-state index contributed by atoms with van der Waals surface area (Å²) in [7, 11) is 0. The number of ether oxygens (including phenoxy) is 1. The maximum Gasteiger partial charge on any atom is 0.416 e. The summed E-state index contributed by atoms with van der Waals surface area (Å²) >= 11 is 0. The third-order valence-corrected chi connectivity index (χ3v) is 5.66. The largest absolute Gasteiger partial charge is 0.494 e. The van der Waals surface area contributed by atoms with Crippen molar-refractivity contribution in [3.63, 3.8) is 0 Å². The first-order valence-corrected chi connectivity index (χ1v) is 9.94. The molecule has 0 fully saturated rings. The summed E-state index contributed by atoms with van der Waals surface area (Å²) in [5, 5.41) is 0. The van der Waals surface area contributed by atoms with E-state index in [1.165, 1.54) is 12.1 Å². The molecule has 0 unspecified atom stereocenters. The third-order valence-electron chi connectivity index (χ3n) is 5.66. The van der Waals surface area contributed by atoms with E-state index in [1.807, 2.05) is 26.8 Å². The summed E-state index contributed by atoms with van der Waals surface area (Å²) < 4.78 is 45.0. The van der Waals surface area contributed by atoms with Crippen LogP contribution in [0.15, 0.2) is 41.4 Å². The lowest BCUT2D eigenvalue weighted by atomic mass is 9.80. The Hall–Kier alpha value is -2.83. The minimum Gasteiger partial charge on any atom is -0.494 e. The van der Waals surface area contributed by atoms with E-state index in [4.69, 9.17) is 4.74 Å². The third kappa shape index (κ3) is 3.26. The predicted octanol–water partition coefficient (Wildman–Crippen LogP) is 5.86. The zero-order valence-electron chi connectivity index (χ0n) is 17.3. The second-order valence-electron chi connectivity index (χ2n) is 8.41. The standard InChI is InChI=1S/C23H23F3N2O2/c1-5-30-16-10-17-13(2)12-22(3,4)28-20(17)18(11-16)19(21(28)29)27-15-8-6-7-14(9-15)23(24,25)26/h6-11,13H,5,12H2,1-4H3/t13-/m1/s1. The Morgan fingerprint density at radius 2 is 1.97 bits per heavy atom. The molecule has 2 heterocycles. The SMILES string of the molecule is CCOc1cc2c3c(c1)[C@H](C)CC(C)(C)N3C(=O)C2=Nc1cccc(C(F)(F)F)c1. The molecule has 0 bridgehead atoms. The van der Waals surface area contributed by atoms with Gasteiger partial charge in [0.2, 0.25) is 0 Å². The topological polar surface area (TPSA) is 41.9 Å². The van der Waals surface area contributed by atoms with Crippen molar-refractivity contribution in [3.8, 4) is 5.75 Å². The molecular formula is C23H23F3N2O2. The lowest BCUT2D eigenvalue weighted by molar-refractivity contribution is -0.137. The summed E-state index contributed by atoms with van der Waals surface area (Å²) in [6.07, 6.45) is -3.72. The molecular weight excluding hydrogens is 393 g/mol. The first kappa shape index (κ1) is 20.4. The molecule has 2 aromatic carbocycles. The Morgan fingerprint density at radius 3 is 2.63 bits per heavy atom. The van der Waals surface area contributed by atoms with E-state index in [2.05, 4.69) is 11.9 Å². The minimum absolute atomic E-state index is 0.0921. The fourth-order valence-corrected chi connectivity index (χ4v) is 4.52. The van der Waals surface area contributed by atoms with Gasteiger partial charge in [0.25, 0.3) is 5.91 Å². The zero-order chi connectivity index (χ0) is 21.8. The van der Waals surface area contributed by atoms with E-state index in [0.717, 1.165) is 29.8 Å². The molecule has 4 nitrogen and oxygen atoms in total. The van der Waals surface area contributed by atoms with Gasteiger partial charge in [0.15, 0.2) is 0 Å². The van der Waals surface area contributed by atoms with Crippen LogP contribution in [0.25, 0.3) is 0 Å². The van der Waals surface area contributed by atoms with Crippen LogP contribution in [0.5, 0.6) is 5.75 Å². The maximum atomic E-state index is 13.4. The van der Waals surface area contributed by atoms with Crippen LogP contribution in [0.1, 0.15) is 56.7 Å². The van der Waals surface area contributed by atoms with E-state index < -0.39 is 17.3 Å². The zero-order valence-corrected chi connectivity index (χ0v) is 17.3. The molecule has 2 aromatic rings. The normalized spacial score (nSPS) is 21.2. The van der Waals surface area contributed by atoms with Gasteiger partial charge in [-0.25, -0.2) is 4.99 Å². The second kappa shape index (κ2) is 6.86. The van der Waals surface area contributed by atoms with Gasteiger partial charge in [0.05, 0.1) is 23.5 Å². The van der Waals surface area contributed by atoms with Crippen LogP contribution >= 0.6 is 0 Å². The van der Waals surface area contributed by atoms with E-state index in [9.17, 15) is 18.0 Å². The number of rotatable bonds is 3. The molecule has 0 aliphatic carbocycles. The molecule has 0 radical (unpaired) electrons. The molecule has 7 heteroatoms. The smallest absolute Gasteiger partial charge is 0.416 e. The number of amides is 1. The van der Waals surface area contributed by atoms with Crippen molar-refractivity contribution in [1.29, 1.82) is 0 Å². The monoisotopic (exact) mass is 416 g/mol. The molecule has 4 rings (SSSR count). The van der Waals surface area contributed by atoms with Crippen molar-refractivity contribution in [2.45, 2.75) is 51.7 Å². The van der Waals surface area contributed by atoms with E-state index >= 15 is 0 Å².